The lowest BCUT2D eigenvalue weighted by atomic mass is 9.99. The zero-order valence-electron chi connectivity index (χ0n) is 16.0. The summed E-state index contributed by atoms with van der Waals surface area (Å²) < 4.78 is 43.7. The topological polar surface area (TPSA) is 61.9 Å². The van der Waals surface area contributed by atoms with E-state index in [9.17, 15) is 22.8 Å². The number of piperidine rings is 1. The van der Waals surface area contributed by atoms with Crippen molar-refractivity contribution in [2.24, 2.45) is 5.92 Å². The number of amides is 3. The summed E-state index contributed by atoms with van der Waals surface area (Å²) in [6.07, 6.45) is -3.76. The van der Waals surface area contributed by atoms with Crippen LogP contribution in [0.2, 0.25) is 5.02 Å². The predicted molar refractivity (Wildman–Crippen MR) is 105 cm³/mol. The molecule has 0 radical (unpaired) electrons. The number of likely N-dealkylation sites (tertiary alicyclic amines) is 2. The molecule has 164 valence electrons. The van der Waals surface area contributed by atoms with Gasteiger partial charge in [-0.1, -0.05) is 11.6 Å². The van der Waals surface area contributed by atoms with Gasteiger partial charge in [0.1, 0.15) is 6.61 Å². The highest BCUT2D eigenvalue weighted by atomic mass is 35.5. The number of alkyl halides is 3. The molecule has 4 rings (SSSR count). The second kappa shape index (κ2) is 8.47. The van der Waals surface area contributed by atoms with Gasteiger partial charge in [-0.05, 0) is 24.6 Å². The van der Waals surface area contributed by atoms with Gasteiger partial charge in [0.15, 0.2) is 0 Å². The van der Waals surface area contributed by atoms with E-state index in [4.69, 9.17) is 16.3 Å². The van der Waals surface area contributed by atoms with Crippen LogP contribution >= 0.6 is 23.4 Å². The van der Waals surface area contributed by atoms with Gasteiger partial charge in [0.2, 0.25) is 5.91 Å². The van der Waals surface area contributed by atoms with Gasteiger partial charge in [-0.2, -0.15) is 13.2 Å². The number of urea groups is 1. The number of hydrogen-bond acceptors (Lipinski definition) is 4. The molecular formula is C19H21ClF3N3O3S. The van der Waals surface area contributed by atoms with E-state index in [0.29, 0.717) is 43.2 Å². The van der Waals surface area contributed by atoms with Gasteiger partial charge >= 0.3 is 12.2 Å². The number of fused-ring (bicyclic) bond motifs is 1. The zero-order chi connectivity index (χ0) is 21.5. The van der Waals surface area contributed by atoms with Crippen LogP contribution in [0.15, 0.2) is 23.1 Å². The average Bonchev–Trinajstić information content (AvgIpc) is 2.66. The molecule has 6 nitrogen and oxygen atoms in total. The Labute approximate surface area is 181 Å². The van der Waals surface area contributed by atoms with Crippen molar-refractivity contribution in [2.75, 3.05) is 38.5 Å². The van der Waals surface area contributed by atoms with E-state index in [1.54, 1.807) is 9.80 Å². The maximum atomic E-state index is 12.7. The van der Waals surface area contributed by atoms with Crippen LogP contribution in [0, 0.1) is 5.92 Å². The van der Waals surface area contributed by atoms with E-state index >= 15 is 0 Å². The molecule has 3 fully saturated rings. The summed E-state index contributed by atoms with van der Waals surface area (Å²) in [5.74, 6) is 0.768. The van der Waals surface area contributed by atoms with E-state index in [0.717, 1.165) is 12.1 Å². The molecular weight excluding hydrogens is 443 g/mol. The second-order valence-corrected chi connectivity index (χ2v) is 9.23. The molecule has 11 heteroatoms. The van der Waals surface area contributed by atoms with Crippen molar-refractivity contribution in [3.8, 4) is 0 Å². The SMILES string of the molecule is O=C1CO[C@H]2CCN(C(=O)N3CC(CSc4ccc(C(F)(F)F)cc4Cl)C3)C[C@H]2N1. The zero-order valence-corrected chi connectivity index (χ0v) is 17.5. The molecule has 30 heavy (non-hydrogen) atoms. The molecule has 0 spiro atoms. The van der Waals surface area contributed by atoms with E-state index in [1.807, 2.05) is 0 Å². The van der Waals surface area contributed by atoms with Gasteiger partial charge in [0.25, 0.3) is 0 Å². The minimum atomic E-state index is -4.41. The Morgan fingerprint density at radius 1 is 1.27 bits per heavy atom. The molecule has 0 unspecified atom stereocenters. The number of rotatable bonds is 3. The van der Waals surface area contributed by atoms with Gasteiger partial charge < -0.3 is 19.9 Å². The molecule has 0 bridgehead atoms. The summed E-state index contributed by atoms with van der Waals surface area (Å²) in [5.41, 5.74) is -0.763. The number of benzene rings is 1. The molecule has 1 N–H and O–H groups in total. The third-order valence-electron chi connectivity index (χ3n) is 5.56. The Kier molecular flexibility index (Phi) is 6.09. The summed E-state index contributed by atoms with van der Waals surface area (Å²) in [5, 5.41) is 2.97. The summed E-state index contributed by atoms with van der Waals surface area (Å²) in [7, 11) is 0. The third kappa shape index (κ3) is 4.65. The number of thioether (sulfide) groups is 1. The first-order valence-corrected chi connectivity index (χ1v) is 11.0. The van der Waals surface area contributed by atoms with Crippen LogP contribution in [0.1, 0.15) is 12.0 Å². The Balaban J connectivity index is 1.23. The number of halogens is 4. The van der Waals surface area contributed by atoms with Crippen molar-refractivity contribution in [2.45, 2.75) is 29.6 Å². The summed E-state index contributed by atoms with van der Waals surface area (Å²) >= 11 is 7.39. The monoisotopic (exact) mass is 463 g/mol. The van der Waals surface area contributed by atoms with E-state index < -0.39 is 11.7 Å². The van der Waals surface area contributed by atoms with E-state index in [2.05, 4.69) is 5.32 Å². The summed E-state index contributed by atoms with van der Waals surface area (Å²) in [6.45, 7) is 2.29. The highest BCUT2D eigenvalue weighted by Gasteiger charge is 2.40. The van der Waals surface area contributed by atoms with Crippen LogP contribution in [0.4, 0.5) is 18.0 Å². The molecule has 3 amide bonds. The fourth-order valence-electron chi connectivity index (χ4n) is 3.91. The van der Waals surface area contributed by atoms with E-state index in [-0.39, 0.29) is 41.6 Å². The fraction of sp³-hybridized carbons (Fsp3) is 0.579. The standard InChI is InChI=1S/C19H21ClF3N3O3S/c20-13-5-12(19(21,22)23)1-2-16(13)30-10-11-6-26(7-11)18(28)25-4-3-15-14(8-25)24-17(27)9-29-15/h1-2,5,11,14-15H,3-4,6-10H2,(H,24,27)/t14-,15+/m1/s1. The highest BCUT2D eigenvalue weighted by Crippen LogP contribution is 2.36. The quantitative estimate of drug-likeness (QED) is 0.700. The van der Waals surface area contributed by atoms with Crippen molar-refractivity contribution < 1.29 is 27.5 Å². The maximum Gasteiger partial charge on any atom is 0.416 e. The molecule has 2 atom stereocenters. The van der Waals surface area contributed by atoms with Crippen LogP contribution in [0.5, 0.6) is 0 Å². The molecule has 0 aromatic heterocycles. The Morgan fingerprint density at radius 3 is 2.73 bits per heavy atom. The molecule has 1 aromatic rings. The third-order valence-corrected chi connectivity index (χ3v) is 7.29. The number of hydrogen-bond donors (Lipinski definition) is 1. The molecule has 3 saturated heterocycles. The van der Waals surface area contributed by atoms with Crippen LogP contribution < -0.4 is 5.32 Å². The molecule has 3 aliphatic heterocycles. The van der Waals surface area contributed by atoms with Gasteiger partial charge in [-0.3, -0.25) is 4.79 Å². The van der Waals surface area contributed by atoms with Gasteiger partial charge in [0.05, 0.1) is 22.7 Å². The maximum absolute atomic E-state index is 12.7. The van der Waals surface area contributed by atoms with Crippen LogP contribution in [0.25, 0.3) is 0 Å². The van der Waals surface area contributed by atoms with Gasteiger partial charge in [-0.15, -0.1) is 11.8 Å². The van der Waals surface area contributed by atoms with Gasteiger partial charge in [0, 0.05) is 42.7 Å². The van der Waals surface area contributed by atoms with E-state index in [1.165, 1.54) is 17.8 Å². The lowest BCUT2D eigenvalue weighted by Gasteiger charge is -2.46. The normalized spacial score (nSPS) is 24.9. The Hall–Kier alpha value is -1.65. The minimum Gasteiger partial charge on any atom is -0.366 e. The number of carbonyl (C=O) groups excluding carboxylic acids is 2. The summed E-state index contributed by atoms with van der Waals surface area (Å²) in [6, 6.07) is 3.14. The highest BCUT2D eigenvalue weighted by molar-refractivity contribution is 7.99. The van der Waals surface area contributed by atoms with Crippen molar-refractivity contribution in [3.05, 3.63) is 28.8 Å². The fourth-order valence-corrected chi connectivity index (χ4v) is 5.24. The Bertz CT molecular complexity index is 835. The smallest absolute Gasteiger partial charge is 0.366 e. The number of morpholine rings is 1. The minimum absolute atomic E-state index is 0.0410. The predicted octanol–water partition coefficient (Wildman–Crippen LogP) is 3.09. The average molecular weight is 464 g/mol. The van der Waals surface area contributed by atoms with Crippen molar-refractivity contribution in [3.63, 3.8) is 0 Å². The molecule has 1 aromatic carbocycles. The lowest BCUT2D eigenvalue weighted by molar-refractivity contribution is -0.140. The van der Waals surface area contributed by atoms with Crippen LogP contribution in [0.3, 0.4) is 0 Å². The lowest BCUT2D eigenvalue weighted by Crippen LogP contribution is -2.64. The Morgan fingerprint density at radius 2 is 2.03 bits per heavy atom. The van der Waals surface area contributed by atoms with Crippen molar-refractivity contribution >= 4 is 35.3 Å². The van der Waals surface area contributed by atoms with Crippen molar-refractivity contribution in [1.82, 2.24) is 15.1 Å². The summed E-state index contributed by atoms with van der Waals surface area (Å²) in [4.78, 5) is 28.3. The van der Waals surface area contributed by atoms with Gasteiger partial charge in [-0.25, -0.2) is 4.79 Å². The first-order chi connectivity index (χ1) is 14.2. The first kappa shape index (κ1) is 21.6. The molecule has 3 aliphatic rings. The van der Waals surface area contributed by atoms with Crippen LogP contribution in [-0.2, 0) is 15.7 Å². The largest absolute Gasteiger partial charge is 0.416 e. The number of nitrogens with zero attached hydrogens (tertiary/aromatic N) is 2. The molecule has 3 heterocycles. The number of ether oxygens (including phenoxy) is 1. The number of carbonyl (C=O) groups is 2. The first-order valence-electron chi connectivity index (χ1n) is 9.65. The van der Waals surface area contributed by atoms with Crippen molar-refractivity contribution in [1.29, 1.82) is 0 Å². The van der Waals surface area contributed by atoms with Crippen LogP contribution in [-0.4, -0.2) is 72.4 Å². The molecule has 0 saturated carbocycles. The number of nitrogens with one attached hydrogen (secondary N) is 1. The molecule has 0 aliphatic carbocycles. The second-order valence-electron chi connectivity index (χ2n) is 7.77.